The van der Waals surface area contributed by atoms with Crippen molar-refractivity contribution in [3.63, 3.8) is 0 Å². The second kappa shape index (κ2) is 6.60. The van der Waals surface area contributed by atoms with Crippen molar-refractivity contribution in [3.05, 3.63) is 28.8 Å². The van der Waals surface area contributed by atoms with Crippen LogP contribution >= 0.6 is 0 Å². The van der Waals surface area contributed by atoms with Crippen LogP contribution in [0.2, 0.25) is 0 Å². The molecule has 1 rings (SSSR count). The highest BCUT2D eigenvalue weighted by molar-refractivity contribution is 5.69. The normalized spacial score (nSPS) is 12.5. The van der Waals surface area contributed by atoms with E-state index in [4.69, 9.17) is 9.84 Å². The monoisotopic (exact) mass is 264 g/mol. The molecule has 1 N–H and O–H groups in total. The van der Waals surface area contributed by atoms with E-state index in [2.05, 4.69) is 26.0 Å². The lowest BCUT2D eigenvalue weighted by molar-refractivity contribution is -0.141. The number of methoxy groups -OCH3 is 1. The van der Waals surface area contributed by atoms with Crippen LogP contribution in [-0.4, -0.2) is 18.2 Å². The molecule has 3 heteroatoms. The van der Waals surface area contributed by atoms with Crippen molar-refractivity contribution < 1.29 is 14.6 Å². The molecule has 3 nitrogen and oxygen atoms in total. The number of carbonyl (C=O) groups is 1. The fourth-order valence-corrected chi connectivity index (χ4v) is 2.14. The van der Waals surface area contributed by atoms with Gasteiger partial charge in [0.2, 0.25) is 0 Å². The smallest absolute Gasteiger partial charge is 0.306 e. The zero-order valence-electron chi connectivity index (χ0n) is 12.5. The fraction of sp³-hybridized carbons (Fsp3) is 0.562. The number of benzene rings is 1. The molecular formula is C16H24O3. The zero-order valence-corrected chi connectivity index (χ0v) is 12.5. The highest BCUT2D eigenvalue weighted by Crippen LogP contribution is 2.30. The molecule has 0 saturated carbocycles. The third-order valence-corrected chi connectivity index (χ3v) is 3.58. The summed E-state index contributed by atoms with van der Waals surface area (Å²) in [6.07, 6.45) is 1.46. The quantitative estimate of drug-likeness (QED) is 0.850. The van der Waals surface area contributed by atoms with Crippen molar-refractivity contribution in [1.29, 1.82) is 0 Å². The van der Waals surface area contributed by atoms with Crippen molar-refractivity contribution in [2.75, 3.05) is 7.11 Å². The first-order valence-corrected chi connectivity index (χ1v) is 6.77. The van der Waals surface area contributed by atoms with E-state index in [1.165, 1.54) is 16.7 Å². The number of ether oxygens (including phenoxy) is 1. The van der Waals surface area contributed by atoms with E-state index in [0.29, 0.717) is 12.3 Å². The van der Waals surface area contributed by atoms with Crippen LogP contribution in [0.3, 0.4) is 0 Å². The summed E-state index contributed by atoms with van der Waals surface area (Å²) in [6.45, 7) is 8.08. The standard InChI is InChI=1S/C16H24O3/c1-10(2)14-9-13(7-6-11(3)16(17)18)12(4)8-15(14)19-5/h8-11H,6-7H2,1-5H3,(H,17,18). The van der Waals surface area contributed by atoms with Crippen molar-refractivity contribution in [3.8, 4) is 5.75 Å². The molecule has 1 unspecified atom stereocenters. The van der Waals surface area contributed by atoms with Crippen LogP contribution < -0.4 is 4.74 Å². The summed E-state index contributed by atoms with van der Waals surface area (Å²) in [5, 5.41) is 8.93. The Balaban J connectivity index is 2.95. The maximum atomic E-state index is 10.9. The van der Waals surface area contributed by atoms with Gasteiger partial charge in [0.1, 0.15) is 5.75 Å². The number of aliphatic carboxylic acids is 1. The topological polar surface area (TPSA) is 46.5 Å². The Morgan fingerprint density at radius 3 is 2.42 bits per heavy atom. The molecular weight excluding hydrogens is 240 g/mol. The molecule has 1 atom stereocenters. The van der Waals surface area contributed by atoms with Crippen molar-refractivity contribution in [2.24, 2.45) is 5.92 Å². The molecule has 1 aromatic carbocycles. The van der Waals surface area contributed by atoms with E-state index in [-0.39, 0.29) is 5.92 Å². The number of aryl methyl sites for hydroxylation is 2. The van der Waals surface area contributed by atoms with Gasteiger partial charge in [-0.1, -0.05) is 26.8 Å². The van der Waals surface area contributed by atoms with Crippen LogP contribution in [0.5, 0.6) is 5.75 Å². The second-order valence-corrected chi connectivity index (χ2v) is 5.45. The molecule has 0 aromatic heterocycles. The number of carboxylic acid groups (broad SMARTS) is 1. The Kier molecular flexibility index (Phi) is 5.40. The minimum absolute atomic E-state index is 0.302. The van der Waals surface area contributed by atoms with E-state index < -0.39 is 5.97 Å². The van der Waals surface area contributed by atoms with Gasteiger partial charge in [-0.05, 0) is 48.4 Å². The van der Waals surface area contributed by atoms with Crippen LogP contribution in [0.15, 0.2) is 12.1 Å². The SMILES string of the molecule is COc1cc(C)c(CCC(C)C(=O)O)cc1C(C)C. The third kappa shape index (κ3) is 3.98. The van der Waals surface area contributed by atoms with Crippen molar-refractivity contribution >= 4 is 5.97 Å². The predicted molar refractivity (Wildman–Crippen MR) is 76.9 cm³/mol. The van der Waals surface area contributed by atoms with Gasteiger partial charge in [0, 0.05) is 0 Å². The summed E-state index contributed by atoms with van der Waals surface area (Å²) >= 11 is 0. The van der Waals surface area contributed by atoms with Crippen LogP contribution in [0.4, 0.5) is 0 Å². The molecule has 19 heavy (non-hydrogen) atoms. The molecule has 0 radical (unpaired) electrons. The molecule has 106 valence electrons. The summed E-state index contributed by atoms with van der Waals surface area (Å²) in [4.78, 5) is 10.9. The lowest BCUT2D eigenvalue weighted by Crippen LogP contribution is -2.10. The lowest BCUT2D eigenvalue weighted by atomic mass is 9.92. The van der Waals surface area contributed by atoms with E-state index in [1.54, 1.807) is 14.0 Å². The molecule has 0 aliphatic carbocycles. The molecule has 0 aliphatic heterocycles. The molecule has 1 aromatic rings. The van der Waals surface area contributed by atoms with Gasteiger partial charge in [-0.15, -0.1) is 0 Å². The predicted octanol–water partition coefficient (Wildman–Crippen LogP) is 3.78. The molecule has 0 saturated heterocycles. The highest BCUT2D eigenvalue weighted by Gasteiger charge is 2.14. The lowest BCUT2D eigenvalue weighted by Gasteiger charge is -2.16. The summed E-state index contributed by atoms with van der Waals surface area (Å²) in [5.74, 6) is 0.285. The summed E-state index contributed by atoms with van der Waals surface area (Å²) in [7, 11) is 1.69. The second-order valence-electron chi connectivity index (χ2n) is 5.45. The van der Waals surface area contributed by atoms with Gasteiger partial charge >= 0.3 is 5.97 Å². The van der Waals surface area contributed by atoms with Gasteiger partial charge in [-0.25, -0.2) is 0 Å². The first-order valence-electron chi connectivity index (χ1n) is 6.77. The number of rotatable bonds is 6. The van der Waals surface area contributed by atoms with E-state index in [9.17, 15) is 4.79 Å². The fourth-order valence-electron chi connectivity index (χ4n) is 2.14. The zero-order chi connectivity index (χ0) is 14.6. The summed E-state index contributed by atoms with van der Waals surface area (Å²) < 4.78 is 5.41. The Hall–Kier alpha value is -1.51. The molecule has 0 aliphatic rings. The summed E-state index contributed by atoms with van der Waals surface area (Å²) in [5.41, 5.74) is 3.57. The van der Waals surface area contributed by atoms with E-state index in [0.717, 1.165) is 12.2 Å². The van der Waals surface area contributed by atoms with Crippen LogP contribution in [0.25, 0.3) is 0 Å². The average Bonchev–Trinajstić information content (AvgIpc) is 2.35. The van der Waals surface area contributed by atoms with Crippen molar-refractivity contribution in [2.45, 2.75) is 46.5 Å². The third-order valence-electron chi connectivity index (χ3n) is 3.58. The minimum Gasteiger partial charge on any atom is -0.496 e. The number of carboxylic acids is 1. The van der Waals surface area contributed by atoms with Gasteiger partial charge in [0.25, 0.3) is 0 Å². The largest absolute Gasteiger partial charge is 0.496 e. The van der Waals surface area contributed by atoms with Crippen LogP contribution in [-0.2, 0) is 11.2 Å². The maximum Gasteiger partial charge on any atom is 0.306 e. The number of hydrogen-bond donors (Lipinski definition) is 1. The first kappa shape index (κ1) is 15.5. The van der Waals surface area contributed by atoms with Gasteiger partial charge in [0.15, 0.2) is 0 Å². The van der Waals surface area contributed by atoms with Gasteiger partial charge in [-0.2, -0.15) is 0 Å². The van der Waals surface area contributed by atoms with Gasteiger partial charge in [-0.3, -0.25) is 4.79 Å². The molecule has 0 amide bonds. The molecule has 0 bridgehead atoms. The minimum atomic E-state index is -0.727. The Labute approximate surface area is 115 Å². The Bertz CT molecular complexity index is 450. The van der Waals surface area contributed by atoms with E-state index >= 15 is 0 Å². The van der Waals surface area contributed by atoms with E-state index in [1.807, 2.05) is 6.92 Å². The average molecular weight is 264 g/mol. The maximum absolute atomic E-state index is 10.9. The molecule has 0 heterocycles. The number of hydrogen-bond acceptors (Lipinski definition) is 2. The van der Waals surface area contributed by atoms with Crippen molar-refractivity contribution in [1.82, 2.24) is 0 Å². The van der Waals surface area contributed by atoms with Gasteiger partial charge < -0.3 is 9.84 Å². The highest BCUT2D eigenvalue weighted by atomic mass is 16.5. The Morgan fingerprint density at radius 1 is 1.32 bits per heavy atom. The molecule has 0 fully saturated rings. The first-order chi connectivity index (χ1) is 8.86. The summed E-state index contributed by atoms with van der Waals surface area (Å²) in [6, 6.07) is 4.21. The molecule has 0 spiro atoms. The van der Waals surface area contributed by atoms with Crippen LogP contribution in [0, 0.1) is 12.8 Å². The van der Waals surface area contributed by atoms with Gasteiger partial charge in [0.05, 0.1) is 13.0 Å². The van der Waals surface area contributed by atoms with Crippen LogP contribution in [0.1, 0.15) is 49.8 Å². The Morgan fingerprint density at radius 2 is 1.95 bits per heavy atom.